The van der Waals surface area contributed by atoms with E-state index in [2.05, 4.69) is 4.74 Å². The summed E-state index contributed by atoms with van der Waals surface area (Å²) in [5.74, 6) is 0.321. The Balaban J connectivity index is 1.32. The van der Waals surface area contributed by atoms with Crippen molar-refractivity contribution in [3.8, 4) is 17.2 Å². The van der Waals surface area contributed by atoms with Crippen LogP contribution in [0.5, 0.6) is 17.2 Å². The number of halogens is 4. The van der Waals surface area contributed by atoms with Crippen molar-refractivity contribution >= 4 is 38.7 Å². The van der Waals surface area contributed by atoms with Gasteiger partial charge in [0.25, 0.3) is 10.0 Å². The summed E-state index contributed by atoms with van der Waals surface area (Å²) < 4.78 is 73.9. The fourth-order valence-corrected chi connectivity index (χ4v) is 7.20. The molecule has 1 aromatic heterocycles. The van der Waals surface area contributed by atoms with Gasteiger partial charge in [-0.1, -0.05) is 23.7 Å². The number of ether oxygens (including phenoxy) is 2. The van der Waals surface area contributed by atoms with E-state index in [4.69, 9.17) is 16.3 Å². The van der Waals surface area contributed by atoms with Crippen LogP contribution < -0.4 is 9.47 Å². The predicted molar refractivity (Wildman–Crippen MR) is 129 cm³/mol. The minimum Gasteiger partial charge on any atom is -0.457 e. The molecule has 2 heterocycles. The number of nitrogens with zero attached hydrogens (tertiary/aromatic N) is 1. The van der Waals surface area contributed by atoms with Gasteiger partial charge >= 0.3 is 6.36 Å². The first-order valence-electron chi connectivity index (χ1n) is 10.9. The van der Waals surface area contributed by atoms with Gasteiger partial charge in [-0.2, -0.15) is 4.31 Å². The Labute approximate surface area is 215 Å². The van der Waals surface area contributed by atoms with E-state index < -0.39 is 22.4 Å². The summed E-state index contributed by atoms with van der Waals surface area (Å²) in [5.41, 5.74) is 0.863. The van der Waals surface area contributed by atoms with Gasteiger partial charge in [0.15, 0.2) is 5.78 Å². The highest BCUT2D eigenvalue weighted by Gasteiger charge is 2.39. The molecule has 0 bridgehead atoms. The van der Waals surface area contributed by atoms with Gasteiger partial charge in [-0.3, -0.25) is 4.79 Å². The third kappa shape index (κ3) is 6.58. The standard InChI is InChI=1S/C24H21ClF3NO5S2/c25-22-13-14-23(35-22)36(31,32)29-15-1-2-20(29)21(30)12-5-16-3-6-17(7-4-16)33-18-8-10-19(11-9-18)34-24(26,27)28/h3-4,6-11,13-14,20H,1-2,5,12,15H2/t20-/m0/s1. The van der Waals surface area contributed by atoms with Crippen LogP contribution in [0, 0.1) is 0 Å². The third-order valence-corrected chi connectivity index (χ3v) is 9.17. The van der Waals surface area contributed by atoms with Gasteiger partial charge in [-0.15, -0.1) is 24.5 Å². The Morgan fingerprint density at radius 2 is 1.61 bits per heavy atom. The molecule has 0 aliphatic carbocycles. The van der Waals surface area contributed by atoms with Crippen molar-refractivity contribution in [2.24, 2.45) is 0 Å². The number of rotatable bonds is 9. The summed E-state index contributed by atoms with van der Waals surface area (Å²) >= 11 is 6.86. The van der Waals surface area contributed by atoms with Crippen molar-refractivity contribution in [3.63, 3.8) is 0 Å². The van der Waals surface area contributed by atoms with E-state index in [0.29, 0.717) is 41.6 Å². The fraction of sp³-hybridized carbons (Fsp3) is 0.292. The molecule has 0 radical (unpaired) electrons. The molecule has 36 heavy (non-hydrogen) atoms. The lowest BCUT2D eigenvalue weighted by Crippen LogP contribution is -2.40. The summed E-state index contributed by atoms with van der Waals surface area (Å²) in [6.07, 6.45) is -3.05. The van der Waals surface area contributed by atoms with Crippen LogP contribution in [0.25, 0.3) is 0 Å². The van der Waals surface area contributed by atoms with Crippen LogP contribution in [0.4, 0.5) is 13.2 Å². The zero-order valence-corrected chi connectivity index (χ0v) is 21.1. The minimum absolute atomic E-state index is 0.130. The molecular weight excluding hydrogens is 539 g/mol. The zero-order valence-electron chi connectivity index (χ0n) is 18.7. The number of Topliss-reactive ketones (excluding diaryl/α,β-unsaturated/α-hetero) is 1. The maximum atomic E-state index is 13.0. The van der Waals surface area contributed by atoms with Crippen LogP contribution in [0.3, 0.4) is 0 Å². The molecule has 0 N–H and O–H groups in total. The van der Waals surface area contributed by atoms with Gasteiger partial charge in [0.1, 0.15) is 21.5 Å². The van der Waals surface area contributed by atoms with Crippen LogP contribution in [-0.2, 0) is 21.2 Å². The van der Waals surface area contributed by atoms with Gasteiger partial charge in [-0.05, 0) is 73.4 Å². The minimum atomic E-state index is -4.76. The molecule has 1 aliphatic heterocycles. The van der Waals surface area contributed by atoms with Crippen molar-refractivity contribution in [1.29, 1.82) is 0 Å². The van der Waals surface area contributed by atoms with E-state index >= 15 is 0 Å². The highest BCUT2D eigenvalue weighted by Crippen LogP contribution is 2.33. The number of thiophene rings is 1. The van der Waals surface area contributed by atoms with Gasteiger partial charge in [0.2, 0.25) is 0 Å². The summed E-state index contributed by atoms with van der Waals surface area (Å²) in [7, 11) is -3.78. The fourth-order valence-electron chi connectivity index (χ4n) is 3.91. The highest BCUT2D eigenvalue weighted by atomic mass is 35.5. The molecule has 2 aromatic carbocycles. The van der Waals surface area contributed by atoms with E-state index in [9.17, 15) is 26.4 Å². The van der Waals surface area contributed by atoms with Crippen molar-refractivity contribution in [3.05, 3.63) is 70.6 Å². The molecule has 192 valence electrons. The lowest BCUT2D eigenvalue weighted by molar-refractivity contribution is -0.274. The van der Waals surface area contributed by atoms with Crippen LogP contribution in [0.15, 0.2) is 64.9 Å². The normalized spacial score (nSPS) is 16.7. The van der Waals surface area contributed by atoms with E-state index in [0.717, 1.165) is 29.0 Å². The average molecular weight is 560 g/mol. The van der Waals surface area contributed by atoms with Crippen LogP contribution in [-0.4, -0.2) is 37.5 Å². The SMILES string of the molecule is O=C(CCc1ccc(Oc2ccc(OC(F)(F)F)cc2)cc1)[C@@H]1CCCN1S(=O)(=O)c1ccc(Cl)s1. The van der Waals surface area contributed by atoms with Crippen molar-refractivity contribution in [2.45, 2.75) is 42.3 Å². The molecule has 1 aliphatic rings. The molecule has 12 heteroatoms. The molecule has 0 spiro atoms. The van der Waals surface area contributed by atoms with E-state index in [1.807, 2.05) is 0 Å². The van der Waals surface area contributed by atoms with Gasteiger partial charge in [-0.25, -0.2) is 8.42 Å². The second kappa shape index (κ2) is 10.8. The smallest absolute Gasteiger partial charge is 0.457 e. The number of benzene rings is 2. The quantitative estimate of drug-likeness (QED) is 0.301. The maximum absolute atomic E-state index is 13.0. The van der Waals surface area contributed by atoms with Gasteiger partial charge in [0.05, 0.1) is 10.4 Å². The molecule has 0 unspecified atom stereocenters. The van der Waals surface area contributed by atoms with Crippen LogP contribution in [0.2, 0.25) is 4.34 Å². The number of hydrogen-bond acceptors (Lipinski definition) is 6. The molecule has 3 aromatic rings. The molecule has 1 saturated heterocycles. The Morgan fingerprint density at radius 3 is 2.19 bits per heavy atom. The van der Waals surface area contributed by atoms with Crippen LogP contribution in [0.1, 0.15) is 24.8 Å². The number of carbonyl (C=O) groups excluding carboxylic acids is 1. The topological polar surface area (TPSA) is 72.9 Å². The van der Waals surface area contributed by atoms with Crippen molar-refractivity contribution in [1.82, 2.24) is 4.31 Å². The molecule has 6 nitrogen and oxygen atoms in total. The summed E-state index contributed by atoms with van der Waals surface area (Å²) in [4.78, 5) is 12.9. The Kier molecular flexibility index (Phi) is 7.93. The van der Waals surface area contributed by atoms with Gasteiger partial charge < -0.3 is 9.47 Å². The first-order valence-corrected chi connectivity index (χ1v) is 13.6. The lowest BCUT2D eigenvalue weighted by atomic mass is 10.0. The van der Waals surface area contributed by atoms with Crippen LogP contribution >= 0.6 is 22.9 Å². The molecule has 0 saturated carbocycles. The number of carbonyl (C=O) groups is 1. The zero-order chi connectivity index (χ0) is 25.9. The largest absolute Gasteiger partial charge is 0.573 e. The Hall–Kier alpha value is -2.60. The summed E-state index contributed by atoms with van der Waals surface area (Å²) in [6.45, 7) is 0.295. The molecule has 4 rings (SSSR count). The molecular formula is C24H21ClF3NO5S2. The van der Waals surface area contributed by atoms with E-state index in [-0.39, 0.29) is 22.2 Å². The number of sulfonamides is 1. The molecule has 1 atom stereocenters. The molecule has 1 fully saturated rings. The highest BCUT2D eigenvalue weighted by molar-refractivity contribution is 7.91. The first-order chi connectivity index (χ1) is 17.0. The molecule has 0 amide bonds. The maximum Gasteiger partial charge on any atom is 0.573 e. The van der Waals surface area contributed by atoms with Crippen molar-refractivity contribution in [2.75, 3.05) is 6.54 Å². The first kappa shape index (κ1) is 26.5. The summed E-state index contributed by atoms with van der Waals surface area (Å²) in [5, 5.41) is 0. The summed E-state index contributed by atoms with van der Waals surface area (Å²) in [6, 6.07) is 14.2. The third-order valence-electron chi connectivity index (χ3n) is 5.56. The second-order valence-corrected chi connectivity index (χ2v) is 11.9. The second-order valence-electron chi connectivity index (χ2n) is 8.06. The average Bonchev–Trinajstić information content (AvgIpc) is 3.49. The Morgan fingerprint density at radius 1 is 1.00 bits per heavy atom. The predicted octanol–water partition coefficient (Wildman–Crippen LogP) is 6.45. The lowest BCUT2D eigenvalue weighted by Gasteiger charge is -2.22. The van der Waals surface area contributed by atoms with E-state index in [1.165, 1.54) is 28.6 Å². The number of hydrogen-bond donors (Lipinski definition) is 0. The van der Waals surface area contributed by atoms with E-state index in [1.54, 1.807) is 24.3 Å². The number of alkyl halides is 3. The van der Waals surface area contributed by atoms with Gasteiger partial charge in [0, 0.05) is 13.0 Å². The number of aryl methyl sites for hydroxylation is 1. The monoisotopic (exact) mass is 559 g/mol. The number of ketones is 1. The van der Waals surface area contributed by atoms with Crippen molar-refractivity contribution < 1.29 is 35.9 Å². The Bertz CT molecular complexity index is 1310.